The Bertz CT molecular complexity index is 983. The van der Waals surface area contributed by atoms with E-state index < -0.39 is 0 Å². The van der Waals surface area contributed by atoms with Crippen molar-refractivity contribution >= 4 is 17.5 Å². The number of rotatable bonds is 7. The first-order valence-electron chi connectivity index (χ1n) is 9.28. The molecule has 7 heteroatoms. The standard InChI is InChI=1S/C22H23ClFN3O2/c1-15(2)27(22(28)16-6-4-7-17(12-16)29-3)14-21-25-10-11-26(21)13-18-19(23)8-5-9-20(18)24/h4-12,15H,13-14H2,1-3H3. The number of halogens is 2. The molecule has 0 fully saturated rings. The third kappa shape index (κ3) is 4.77. The molecule has 0 aliphatic carbocycles. The Morgan fingerprint density at radius 3 is 2.72 bits per heavy atom. The van der Waals surface area contributed by atoms with Crippen LogP contribution in [0.2, 0.25) is 5.02 Å². The van der Waals surface area contributed by atoms with E-state index in [4.69, 9.17) is 16.3 Å². The van der Waals surface area contributed by atoms with E-state index in [9.17, 15) is 9.18 Å². The van der Waals surface area contributed by atoms with Gasteiger partial charge in [-0.3, -0.25) is 4.79 Å². The number of nitrogens with zero attached hydrogens (tertiary/aromatic N) is 3. The molecule has 1 aromatic heterocycles. The molecule has 0 N–H and O–H groups in total. The number of hydrogen-bond donors (Lipinski definition) is 0. The van der Waals surface area contributed by atoms with Crippen molar-refractivity contribution in [1.29, 1.82) is 0 Å². The summed E-state index contributed by atoms with van der Waals surface area (Å²) in [5.41, 5.74) is 0.928. The fourth-order valence-electron chi connectivity index (χ4n) is 3.05. The van der Waals surface area contributed by atoms with Crippen LogP contribution in [0.15, 0.2) is 54.9 Å². The van der Waals surface area contributed by atoms with Gasteiger partial charge in [0.25, 0.3) is 5.91 Å². The van der Waals surface area contributed by atoms with Crippen molar-refractivity contribution in [2.45, 2.75) is 33.0 Å². The number of aromatic nitrogens is 2. The number of hydrogen-bond acceptors (Lipinski definition) is 3. The molecule has 0 atom stereocenters. The van der Waals surface area contributed by atoms with Gasteiger partial charge in [-0.05, 0) is 44.2 Å². The van der Waals surface area contributed by atoms with Gasteiger partial charge < -0.3 is 14.2 Å². The number of benzene rings is 2. The van der Waals surface area contributed by atoms with Crippen LogP contribution in [0.5, 0.6) is 5.75 Å². The van der Waals surface area contributed by atoms with Crippen molar-refractivity contribution in [3.05, 3.63) is 82.6 Å². The van der Waals surface area contributed by atoms with Gasteiger partial charge in [0, 0.05) is 34.6 Å². The Morgan fingerprint density at radius 2 is 2.03 bits per heavy atom. The molecule has 0 aliphatic heterocycles. The normalized spacial score (nSPS) is 11.0. The second-order valence-corrected chi connectivity index (χ2v) is 7.34. The Kier molecular flexibility index (Phi) is 6.54. The van der Waals surface area contributed by atoms with Crippen LogP contribution in [0.4, 0.5) is 4.39 Å². The van der Waals surface area contributed by atoms with Crippen molar-refractivity contribution in [1.82, 2.24) is 14.5 Å². The lowest BCUT2D eigenvalue weighted by molar-refractivity contribution is 0.0682. The summed E-state index contributed by atoms with van der Waals surface area (Å²) in [5, 5.41) is 0.359. The predicted molar refractivity (Wildman–Crippen MR) is 111 cm³/mol. The van der Waals surface area contributed by atoms with Gasteiger partial charge in [-0.1, -0.05) is 23.7 Å². The SMILES string of the molecule is COc1cccc(C(=O)N(Cc2nccn2Cc2c(F)cccc2Cl)C(C)C)c1. The summed E-state index contributed by atoms with van der Waals surface area (Å²) in [6.07, 6.45) is 3.39. The highest BCUT2D eigenvalue weighted by Crippen LogP contribution is 2.22. The molecule has 5 nitrogen and oxygen atoms in total. The van der Waals surface area contributed by atoms with E-state index in [2.05, 4.69) is 4.98 Å². The third-order valence-electron chi connectivity index (χ3n) is 4.70. The van der Waals surface area contributed by atoms with Gasteiger partial charge in [-0.15, -0.1) is 0 Å². The predicted octanol–water partition coefficient (Wildman–Crippen LogP) is 4.78. The quantitative estimate of drug-likeness (QED) is 0.557. The molecule has 1 amide bonds. The topological polar surface area (TPSA) is 47.4 Å². The third-order valence-corrected chi connectivity index (χ3v) is 5.06. The van der Waals surface area contributed by atoms with E-state index in [0.29, 0.717) is 27.7 Å². The average molecular weight is 416 g/mol. The van der Waals surface area contributed by atoms with Crippen molar-refractivity contribution in [3.8, 4) is 5.75 Å². The lowest BCUT2D eigenvalue weighted by Crippen LogP contribution is -2.37. The first-order chi connectivity index (χ1) is 13.9. The molecular formula is C22H23ClFN3O2. The van der Waals surface area contributed by atoms with Crippen LogP contribution >= 0.6 is 11.6 Å². The molecule has 0 saturated carbocycles. The number of methoxy groups -OCH3 is 1. The van der Waals surface area contributed by atoms with Crippen molar-refractivity contribution in [2.75, 3.05) is 7.11 Å². The first kappa shape index (κ1) is 20.9. The van der Waals surface area contributed by atoms with Crippen LogP contribution in [-0.2, 0) is 13.1 Å². The minimum absolute atomic E-state index is 0.0594. The zero-order chi connectivity index (χ0) is 21.0. The number of imidazole rings is 1. The summed E-state index contributed by atoms with van der Waals surface area (Å²) in [6.45, 7) is 4.41. The summed E-state index contributed by atoms with van der Waals surface area (Å²) in [5.74, 6) is 0.771. The maximum Gasteiger partial charge on any atom is 0.254 e. The minimum Gasteiger partial charge on any atom is -0.497 e. The Balaban J connectivity index is 1.85. The molecule has 3 aromatic rings. The van der Waals surface area contributed by atoms with E-state index in [1.54, 1.807) is 65.4 Å². The highest BCUT2D eigenvalue weighted by molar-refractivity contribution is 6.31. The van der Waals surface area contributed by atoms with E-state index in [1.807, 2.05) is 13.8 Å². The van der Waals surface area contributed by atoms with Gasteiger partial charge in [0.05, 0.1) is 20.2 Å². The fourth-order valence-corrected chi connectivity index (χ4v) is 3.28. The highest BCUT2D eigenvalue weighted by Gasteiger charge is 2.22. The van der Waals surface area contributed by atoms with Crippen LogP contribution in [0.3, 0.4) is 0 Å². The Morgan fingerprint density at radius 1 is 1.28 bits per heavy atom. The molecule has 3 rings (SSSR count). The molecule has 0 unspecified atom stereocenters. The molecule has 1 heterocycles. The number of amides is 1. The van der Waals surface area contributed by atoms with Crippen LogP contribution in [0.1, 0.15) is 35.6 Å². The van der Waals surface area contributed by atoms with E-state index in [0.717, 1.165) is 0 Å². The summed E-state index contributed by atoms with van der Waals surface area (Å²) in [7, 11) is 1.56. The van der Waals surface area contributed by atoms with Gasteiger partial charge in [0.1, 0.15) is 17.4 Å². The van der Waals surface area contributed by atoms with Crippen molar-refractivity contribution < 1.29 is 13.9 Å². The molecule has 0 radical (unpaired) electrons. The molecule has 0 saturated heterocycles. The van der Waals surface area contributed by atoms with Crippen LogP contribution < -0.4 is 4.74 Å². The van der Waals surface area contributed by atoms with Crippen molar-refractivity contribution in [3.63, 3.8) is 0 Å². The molecule has 0 bridgehead atoms. The van der Waals surface area contributed by atoms with Crippen LogP contribution in [0.25, 0.3) is 0 Å². The zero-order valence-electron chi connectivity index (χ0n) is 16.6. The Labute approximate surface area is 174 Å². The number of ether oxygens (including phenoxy) is 1. The number of carbonyl (C=O) groups excluding carboxylic acids is 1. The molecule has 0 spiro atoms. The van der Waals surface area contributed by atoms with Gasteiger partial charge >= 0.3 is 0 Å². The minimum atomic E-state index is -0.370. The molecule has 29 heavy (non-hydrogen) atoms. The smallest absolute Gasteiger partial charge is 0.254 e. The lowest BCUT2D eigenvalue weighted by Gasteiger charge is -2.27. The van der Waals surface area contributed by atoms with Gasteiger partial charge in [-0.2, -0.15) is 0 Å². The van der Waals surface area contributed by atoms with E-state index in [-0.39, 0.29) is 30.9 Å². The molecule has 152 valence electrons. The maximum atomic E-state index is 14.2. The fraction of sp³-hybridized carbons (Fsp3) is 0.273. The number of carbonyl (C=O) groups is 1. The van der Waals surface area contributed by atoms with Crippen LogP contribution in [0, 0.1) is 5.82 Å². The van der Waals surface area contributed by atoms with Gasteiger partial charge in [-0.25, -0.2) is 9.37 Å². The van der Waals surface area contributed by atoms with Gasteiger partial charge in [0.15, 0.2) is 0 Å². The largest absolute Gasteiger partial charge is 0.497 e. The highest BCUT2D eigenvalue weighted by atomic mass is 35.5. The zero-order valence-corrected chi connectivity index (χ0v) is 17.4. The second-order valence-electron chi connectivity index (χ2n) is 6.93. The second kappa shape index (κ2) is 9.09. The summed E-state index contributed by atoms with van der Waals surface area (Å²) in [6, 6.07) is 11.6. The molecule has 0 aliphatic rings. The van der Waals surface area contributed by atoms with Crippen molar-refractivity contribution in [2.24, 2.45) is 0 Å². The average Bonchev–Trinajstić information content (AvgIpc) is 3.15. The van der Waals surface area contributed by atoms with E-state index in [1.165, 1.54) is 6.07 Å². The van der Waals surface area contributed by atoms with E-state index >= 15 is 0 Å². The van der Waals surface area contributed by atoms with Gasteiger partial charge in [0.2, 0.25) is 0 Å². The lowest BCUT2D eigenvalue weighted by atomic mass is 10.1. The first-order valence-corrected chi connectivity index (χ1v) is 9.66. The summed E-state index contributed by atoms with van der Waals surface area (Å²) >= 11 is 6.16. The molecular weight excluding hydrogens is 393 g/mol. The monoisotopic (exact) mass is 415 g/mol. The van der Waals surface area contributed by atoms with Crippen LogP contribution in [-0.4, -0.2) is 33.5 Å². The summed E-state index contributed by atoms with van der Waals surface area (Å²) < 4.78 is 21.2. The summed E-state index contributed by atoms with van der Waals surface area (Å²) in [4.78, 5) is 19.2. The maximum absolute atomic E-state index is 14.2. The Hall–Kier alpha value is -2.86. The molecule has 2 aromatic carbocycles.